The molecular formula is C17H23N3O7S. The van der Waals surface area contributed by atoms with Crippen molar-refractivity contribution in [3.63, 3.8) is 0 Å². The highest BCUT2D eigenvalue weighted by molar-refractivity contribution is 7.89. The number of hydrogen-bond acceptors (Lipinski definition) is 7. The number of hydroxylamine groups is 1. The predicted octanol–water partition coefficient (Wildman–Crippen LogP) is -1.52. The van der Waals surface area contributed by atoms with Crippen molar-refractivity contribution in [2.45, 2.75) is 11.0 Å². The number of carbonyl (C=O) groups excluding carboxylic acids is 2. The molecule has 2 amide bonds. The van der Waals surface area contributed by atoms with Gasteiger partial charge in [-0.05, 0) is 12.1 Å². The van der Waals surface area contributed by atoms with E-state index in [0.717, 1.165) is 12.2 Å². The molecule has 0 saturated carbocycles. The quantitative estimate of drug-likeness (QED) is 0.348. The van der Waals surface area contributed by atoms with Crippen molar-refractivity contribution in [1.82, 2.24) is 14.7 Å². The summed E-state index contributed by atoms with van der Waals surface area (Å²) < 4.78 is 26.4. The third-order valence-electron chi connectivity index (χ3n) is 3.97. The van der Waals surface area contributed by atoms with Gasteiger partial charge in [0.05, 0.1) is 11.5 Å². The van der Waals surface area contributed by atoms with E-state index in [1.807, 2.05) is 5.48 Å². The molecule has 154 valence electrons. The van der Waals surface area contributed by atoms with Crippen LogP contribution in [0.25, 0.3) is 0 Å². The number of aliphatic hydroxyl groups excluding tert-OH is 2. The van der Waals surface area contributed by atoms with Crippen LogP contribution in [-0.4, -0.2) is 85.1 Å². The summed E-state index contributed by atoms with van der Waals surface area (Å²) in [5.74, 6) is -1.13. The van der Waals surface area contributed by atoms with Crippen LogP contribution in [0.15, 0.2) is 47.4 Å². The van der Waals surface area contributed by atoms with Crippen molar-refractivity contribution in [2.24, 2.45) is 0 Å². The maximum Gasteiger partial charge on any atom is 0.267 e. The van der Waals surface area contributed by atoms with E-state index in [-0.39, 0.29) is 37.7 Å². The fourth-order valence-electron chi connectivity index (χ4n) is 2.44. The Hall–Kier alpha value is -2.31. The lowest BCUT2D eigenvalue weighted by molar-refractivity contribution is -0.132. The smallest absolute Gasteiger partial charge is 0.267 e. The van der Waals surface area contributed by atoms with E-state index in [0.29, 0.717) is 0 Å². The van der Waals surface area contributed by atoms with Gasteiger partial charge in [0, 0.05) is 38.3 Å². The molecule has 1 aromatic carbocycles. The maximum absolute atomic E-state index is 12.6. The number of carbonyl (C=O) groups is 2. The van der Waals surface area contributed by atoms with Crippen LogP contribution in [0.3, 0.4) is 0 Å². The molecule has 1 unspecified atom stereocenters. The zero-order chi connectivity index (χ0) is 20.6. The van der Waals surface area contributed by atoms with E-state index >= 15 is 0 Å². The lowest BCUT2D eigenvalue weighted by atomic mass is 10.3. The number of amides is 2. The van der Waals surface area contributed by atoms with Gasteiger partial charge in [-0.3, -0.25) is 14.4 Å². The molecule has 0 aromatic heterocycles. The molecule has 0 bridgehead atoms. The number of hydrogen-bond donors (Lipinski definition) is 3. The minimum Gasteiger partial charge on any atom is -0.394 e. The van der Waals surface area contributed by atoms with Crippen LogP contribution in [0.1, 0.15) is 0 Å². The fourth-order valence-corrected chi connectivity index (χ4v) is 3.88. The molecular weight excluding hydrogens is 390 g/mol. The Morgan fingerprint density at radius 2 is 1.79 bits per heavy atom. The zero-order valence-electron chi connectivity index (χ0n) is 15.1. The van der Waals surface area contributed by atoms with E-state index in [2.05, 4.69) is 4.84 Å². The fraction of sp³-hybridized carbons (Fsp3) is 0.412. The average Bonchev–Trinajstić information content (AvgIpc) is 2.72. The van der Waals surface area contributed by atoms with Gasteiger partial charge < -0.3 is 15.1 Å². The first-order valence-corrected chi connectivity index (χ1v) is 10.0. The lowest BCUT2D eigenvalue weighted by Gasteiger charge is -2.33. The highest BCUT2D eigenvalue weighted by Gasteiger charge is 2.29. The third kappa shape index (κ3) is 6.11. The highest BCUT2D eigenvalue weighted by atomic mass is 32.2. The second-order valence-corrected chi connectivity index (χ2v) is 7.93. The van der Waals surface area contributed by atoms with Gasteiger partial charge in [-0.1, -0.05) is 18.2 Å². The number of nitrogens with one attached hydrogen (secondary N) is 1. The van der Waals surface area contributed by atoms with Gasteiger partial charge in [-0.2, -0.15) is 4.31 Å². The van der Waals surface area contributed by atoms with Crippen molar-refractivity contribution in [1.29, 1.82) is 0 Å². The Kier molecular flexibility index (Phi) is 8.08. The number of sulfonamides is 1. The summed E-state index contributed by atoms with van der Waals surface area (Å²) >= 11 is 0. The largest absolute Gasteiger partial charge is 0.394 e. The third-order valence-corrected chi connectivity index (χ3v) is 5.88. The molecule has 0 aliphatic carbocycles. The van der Waals surface area contributed by atoms with Gasteiger partial charge in [-0.25, -0.2) is 13.9 Å². The van der Waals surface area contributed by atoms with Crippen LogP contribution >= 0.6 is 0 Å². The van der Waals surface area contributed by atoms with Crippen LogP contribution in [0.4, 0.5) is 0 Å². The summed E-state index contributed by atoms with van der Waals surface area (Å²) in [6.45, 7) is -0.0690. The number of nitrogens with zero attached hydrogens (tertiary/aromatic N) is 2. The Balaban J connectivity index is 1.81. The number of rotatable bonds is 8. The molecule has 1 aliphatic rings. The molecule has 1 aliphatic heterocycles. The Morgan fingerprint density at radius 3 is 2.39 bits per heavy atom. The first kappa shape index (κ1) is 22.0. The van der Waals surface area contributed by atoms with Crippen LogP contribution < -0.4 is 5.48 Å². The molecule has 2 rings (SSSR count). The van der Waals surface area contributed by atoms with Gasteiger partial charge in [0.1, 0.15) is 12.7 Å². The second-order valence-electron chi connectivity index (χ2n) is 5.99. The van der Waals surface area contributed by atoms with Gasteiger partial charge >= 0.3 is 0 Å². The summed E-state index contributed by atoms with van der Waals surface area (Å²) in [4.78, 5) is 30.0. The number of piperazine rings is 1. The molecule has 11 heteroatoms. The van der Waals surface area contributed by atoms with E-state index < -0.39 is 34.5 Å². The Bertz CT molecular complexity index is 790. The maximum atomic E-state index is 12.6. The Morgan fingerprint density at radius 1 is 1.14 bits per heavy atom. The van der Waals surface area contributed by atoms with Crippen LogP contribution in [0, 0.1) is 0 Å². The SMILES string of the molecule is O=C(/C=C/C(=O)N1CCN(S(=O)(=O)c2ccccc2)CC1)NOCC(O)CO. The van der Waals surface area contributed by atoms with Crippen LogP contribution in [0.2, 0.25) is 0 Å². The van der Waals surface area contributed by atoms with Crippen molar-refractivity contribution < 1.29 is 33.1 Å². The molecule has 1 atom stereocenters. The van der Waals surface area contributed by atoms with Crippen molar-refractivity contribution >= 4 is 21.8 Å². The van der Waals surface area contributed by atoms with Gasteiger partial charge in [0.2, 0.25) is 15.9 Å². The molecule has 1 fully saturated rings. The minimum atomic E-state index is -3.60. The average molecular weight is 413 g/mol. The van der Waals surface area contributed by atoms with E-state index in [9.17, 15) is 18.0 Å². The lowest BCUT2D eigenvalue weighted by Crippen LogP contribution is -2.50. The van der Waals surface area contributed by atoms with Crippen LogP contribution in [0.5, 0.6) is 0 Å². The zero-order valence-corrected chi connectivity index (χ0v) is 15.9. The first-order chi connectivity index (χ1) is 13.3. The molecule has 28 heavy (non-hydrogen) atoms. The summed E-state index contributed by atoms with van der Waals surface area (Å²) in [6, 6.07) is 8.08. The van der Waals surface area contributed by atoms with Crippen molar-refractivity contribution in [3.8, 4) is 0 Å². The van der Waals surface area contributed by atoms with E-state index in [4.69, 9.17) is 10.2 Å². The Labute approximate surface area is 163 Å². The first-order valence-electron chi connectivity index (χ1n) is 8.57. The summed E-state index contributed by atoms with van der Waals surface area (Å²) in [5, 5.41) is 17.7. The molecule has 3 N–H and O–H groups in total. The molecule has 1 saturated heterocycles. The molecule has 0 radical (unpaired) electrons. The molecule has 0 spiro atoms. The van der Waals surface area contributed by atoms with Crippen molar-refractivity contribution in [2.75, 3.05) is 39.4 Å². The molecule has 10 nitrogen and oxygen atoms in total. The standard InChI is InChI=1S/C17H23N3O7S/c21-12-14(22)13-27-18-16(23)6-7-17(24)19-8-10-20(11-9-19)28(25,26)15-4-2-1-3-5-15/h1-7,14,21-22H,8-13H2,(H,18,23)/b7-6+. The normalized spacial score (nSPS) is 16.9. The summed E-state index contributed by atoms with van der Waals surface area (Å²) in [5.41, 5.74) is 2.00. The van der Waals surface area contributed by atoms with Gasteiger partial charge in [-0.15, -0.1) is 0 Å². The topological polar surface area (TPSA) is 136 Å². The number of aliphatic hydroxyl groups is 2. The van der Waals surface area contributed by atoms with Gasteiger partial charge in [0.25, 0.3) is 5.91 Å². The molecule has 1 aromatic rings. The second kappa shape index (κ2) is 10.3. The predicted molar refractivity (Wildman–Crippen MR) is 98.1 cm³/mol. The summed E-state index contributed by atoms with van der Waals surface area (Å²) in [7, 11) is -3.60. The highest BCUT2D eigenvalue weighted by Crippen LogP contribution is 2.17. The van der Waals surface area contributed by atoms with E-state index in [1.54, 1.807) is 18.2 Å². The van der Waals surface area contributed by atoms with Gasteiger partial charge in [0.15, 0.2) is 0 Å². The minimum absolute atomic E-state index is 0.158. The monoisotopic (exact) mass is 413 g/mol. The van der Waals surface area contributed by atoms with Crippen LogP contribution in [-0.2, 0) is 24.4 Å². The van der Waals surface area contributed by atoms with Crippen molar-refractivity contribution in [3.05, 3.63) is 42.5 Å². The number of benzene rings is 1. The van der Waals surface area contributed by atoms with E-state index in [1.165, 1.54) is 21.3 Å². The molecule has 1 heterocycles. The summed E-state index contributed by atoms with van der Waals surface area (Å²) in [6.07, 6.45) is 0.915.